The molecule has 0 radical (unpaired) electrons. The van der Waals surface area contributed by atoms with E-state index in [1.165, 1.54) is 17.7 Å². The smallest absolute Gasteiger partial charge is 0.260 e. The van der Waals surface area contributed by atoms with E-state index in [0.29, 0.717) is 5.56 Å². The van der Waals surface area contributed by atoms with Crippen molar-refractivity contribution in [2.75, 3.05) is 0 Å². The molecule has 0 atom stereocenters. The fraction of sp³-hybridized carbons (Fsp3) is 0.217. The van der Waals surface area contributed by atoms with Gasteiger partial charge in [0.25, 0.3) is 5.56 Å². The van der Waals surface area contributed by atoms with E-state index in [9.17, 15) is 4.79 Å². The number of hydrazine groups is 1. The molecule has 1 aliphatic carbocycles. The molecule has 2 heterocycles. The summed E-state index contributed by atoms with van der Waals surface area (Å²) in [6, 6.07) is 14.2. The number of hydrogen-bond acceptors (Lipinski definition) is 5. The monoisotopic (exact) mass is 419 g/mol. The number of hydrogen-bond donors (Lipinski definition) is 4. The molecule has 4 rings (SSSR count). The molecule has 0 aliphatic heterocycles. The highest BCUT2D eigenvalue weighted by atomic mass is 32.1. The van der Waals surface area contributed by atoms with Crippen LogP contribution in [-0.4, -0.2) is 10.8 Å². The number of aromatic amines is 1. The Morgan fingerprint density at radius 1 is 1.27 bits per heavy atom. The fourth-order valence-electron chi connectivity index (χ4n) is 3.31. The molecule has 0 bridgehead atoms. The molecule has 0 amide bonds. The maximum atomic E-state index is 13.0. The van der Waals surface area contributed by atoms with Gasteiger partial charge < -0.3 is 10.7 Å². The van der Waals surface area contributed by atoms with E-state index in [-0.39, 0.29) is 11.4 Å². The molecule has 0 unspecified atom stereocenters. The molecule has 3 aromatic rings. The molecule has 1 fully saturated rings. The number of allylic oxidation sites excluding steroid dienone is 1. The lowest BCUT2D eigenvalue weighted by Crippen LogP contribution is -2.29. The molecular formula is C23H25N5OS. The maximum absolute atomic E-state index is 13.0. The summed E-state index contributed by atoms with van der Waals surface area (Å²) in [5.41, 5.74) is 11.8. The molecular weight excluding hydrogens is 394 g/mol. The Balaban J connectivity index is 1.77. The average molecular weight is 420 g/mol. The fourth-order valence-corrected chi connectivity index (χ4v) is 4.28. The van der Waals surface area contributed by atoms with Crippen molar-refractivity contribution in [2.24, 2.45) is 22.6 Å². The van der Waals surface area contributed by atoms with Crippen LogP contribution in [-0.2, 0) is 6.42 Å². The van der Waals surface area contributed by atoms with Crippen molar-refractivity contribution in [1.29, 1.82) is 0 Å². The number of thiophene rings is 1. The van der Waals surface area contributed by atoms with E-state index < -0.39 is 0 Å². The topological polar surface area (TPSA) is 109 Å². The molecule has 7 heteroatoms. The van der Waals surface area contributed by atoms with Crippen molar-refractivity contribution in [2.45, 2.75) is 26.2 Å². The van der Waals surface area contributed by atoms with E-state index in [1.54, 1.807) is 11.3 Å². The summed E-state index contributed by atoms with van der Waals surface area (Å²) in [7, 11) is 0. The number of nitrogens with one attached hydrogen (secondary N) is 2. The first-order chi connectivity index (χ1) is 14.6. The summed E-state index contributed by atoms with van der Waals surface area (Å²) in [5.74, 6) is 6.07. The van der Waals surface area contributed by atoms with E-state index in [2.05, 4.69) is 52.9 Å². The molecule has 1 saturated carbocycles. The quantitative estimate of drug-likeness (QED) is 0.202. The third-order valence-electron chi connectivity index (χ3n) is 5.15. The van der Waals surface area contributed by atoms with Gasteiger partial charge >= 0.3 is 0 Å². The number of aryl methyl sites for hydroxylation is 1. The van der Waals surface area contributed by atoms with Crippen LogP contribution >= 0.6 is 11.3 Å². The van der Waals surface area contributed by atoms with E-state index in [1.807, 2.05) is 24.3 Å². The molecule has 6 nitrogen and oxygen atoms in total. The van der Waals surface area contributed by atoms with Crippen molar-refractivity contribution in [3.05, 3.63) is 74.9 Å². The maximum Gasteiger partial charge on any atom is 0.260 e. The summed E-state index contributed by atoms with van der Waals surface area (Å²) >= 11 is 1.64. The van der Waals surface area contributed by atoms with Crippen molar-refractivity contribution in [3.8, 4) is 21.7 Å². The Kier molecular flexibility index (Phi) is 5.83. The lowest BCUT2D eigenvalue weighted by Gasteiger charge is -2.10. The minimum atomic E-state index is -0.303. The average Bonchev–Trinajstić information content (AvgIpc) is 3.46. The Morgan fingerprint density at radius 3 is 2.67 bits per heavy atom. The van der Waals surface area contributed by atoms with Gasteiger partial charge in [-0.2, -0.15) is 0 Å². The van der Waals surface area contributed by atoms with Crippen molar-refractivity contribution in [3.63, 3.8) is 0 Å². The zero-order chi connectivity index (χ0) is 21.1. The largest absolute Gasteiger partial charge is 0.382 e. The van der Waals surface area contributed by atoms with Gasteiger partial charge in [0.1, 0.15) is 0 Å². The highest BCUT2D eigenvalue weighted by Crippen LogP contribution is 2.33. The zero-order valence-electron chi connectivity index (χ0n) is 16.8. The number of amidine groups is 1. The van der Waals surface area contributed by atoms with Gasteiger partial charge in [-0.05, 0) is 54.5 Å². The van der Waals surface area contributed by atoms with Gasteiger partial charge in [-0.1, -0.05) is 43.3 Å². The molecule has 154 valence electrons. The number of pyridine rings is 1. The van der Waals surface area contributed by atoms with Gasteiger partial charge in [-0.15, -0.1) is 16.4 Å². The third kappa shape index (κ3) is 4.37. The Morgan fingerprint density at radius 2 is 2.03 bits per heavy atom. The molecule has 0 saturated heterocycles. The summed E-state index contributed by atoms with van der Waals surface area (Å²) in [4.78, 5) is 18.1. The first-order valence-corrected chi connectivity index (χ1v) is 10.8. The number of rotatable bonds is 7. The number of nitrogens with zero attached hydrogens (tertiary/aromatic N) is 1. The van der Waals surface area contributed by atoms with Crippen LogP contribution in [0.4, 0.5) is 0 Å². The summed E-state index contributed by atoms with van der Waals surface area (Å²) in [6.45, 7) is 2.10. The van der Waals surface area contributed by atoms with Gasteiger partial charge in [-0.25, -0.2) is 11.4 Å². The second-order valence-corrected chi connectivity index (χ2v) is 8.53. The molecule has 0 spiro atoms. The number of hydrazone groups is 1. The van der Waals surface area contributed by atoms with Crippen molar-refractivity contribution in [1.82, 2.24) is 10.5 Å². The predicted molar refractivity (Wildman–Crippen MR) is 125 cm³/mol. The van der Waals surface area contributed by atoms with Crippen LogP contribution in [0.3, 0.4) is 0 Å². The number of nitrogens with two attached hydrogens (primary N) is 2. The molecule has 6 N–H and O–H groups in total. The van der Waals surface area contributed by atoms with Crippen LogP contribution in [0.1, 0.15) is 35.8 Å². The Hall–Kier alpha value is -3.16. The first kappa shape index (κ1) is 20.1. The SMILES string of the molecule is CCc1ccc(-c2cc(-c3ccc(/C=C/C4CC4)cc3)[nH]c(=O)c2/C(N)=N/NN)s1. The van der Waals surface area contributed by atoms with E-state index in [0.717, 1.165) is 39.6 Å². The second kappa shape index (κ2) is 8.69. The minimum absolute atomic E-state index is 0.0484. The van der Waals surface area contributed by atoms with Gasteiger partial charge in [0.15, 0.2) is 5.84 Å². The number of benzene rings is 1. The standard InChI is InChI=1S/C23H25N5OS/c1-2-17-11-12-20(30-17)18-13-19(26-23(29)21(18)22(24)27-28-25)16-9-7-15(8-10-16)6-5-14-3-4-14/h5-14,28H,2-4,25H2,1H3,(H2,24,27)(H,26,29)/b6-5+. The third-order valence-corrected chi connectivity index (χ3v) is 6.42. The van der Waals surface area contributed by atoms with Crippen LogP contribution in [0.15, 0.2) is 58.4 Å². The van der Waals surface area contributed by atoms with Crippen LogP contribution in [0.25, 0.3) is 27.8 Å². The molecule has 1 aliphatic rings. The van der Waals surface area contributed by atoms with Gasteiger partial charge in [0, 0.05) is 21.0 Å². The second-order valence-electron chi connectivity index (χ2n) is 7.37. The van der Waals surface area contributed by atoms with Crippen LogP contribution in [0.5, 0.6) is 0 Å². The van der Waals surface area contributed by atoms with Gasteiger partial charge in [-0.3, -0.25) is 4.79 Å². The van der Waals surface area contributed by atoms with Gasteiger partial charge in [0.2, 0.25) is 0 Å². The first-order valence-electron chi connectivity index (χ1n) is 10.0. The minimum Gasteiger partial charge on any atom is -0.382 e. The van der Waals surface area contributed by atoms with Crippen LogP contribution in [0, 0.1) is 5.92 Å². The van der Waals surface area contributed by atoms with Gasteiger partial charge in [0.05, 0.1) is 5.56 Å². The molecule has 2 aromatic heterocycles. The van der Waals surface area contributed by atoms with Crippen molar-refractivity contribution < 1.29 is 0 Å². The Labute approximate surface area is 179 Å². The highest BCUT2D eigenvalue weighted by Gasteiger charge is 2.18. The van der Waals surface area contributed by atoms with Crippen molar-refractivity contribution >= 4 is 23.2 Å². The number of H-pyrrole nitrogens is 1. The normalized spacial score (nSPS) is 14.4. The lowest BCUT2D eigenvalue weighted by atomic mass is 10.0. The zero-order valence-corrected chi connectivity index (χ0v) is 17.6. The number of aromatic nitrogens is 1. The molecule has 1 aromatic carbocycles. The predicted octanol–water partition coefficient (Wildman–Crippen LogP) is 3.84. The van der Waals surface area contributed by atoms with E-state index in [4.69, 9.17) is 11.6 Å². The highest BCUT2D eigenvalue weighted by molar-refractivity contribution is 7.15. The summed E-state index contributed by atoms with van der Waals surface area (Å²) in [5, 5.41) is 3.82. The summed E-state index contributed by atoms with van der Waals surface area (Å²) < 4.78 is 0. The molecule has 30 heavy (non-hydrogen) atoms. The lowest BCUT2D eigenvalue weighted by molar-refractivity contribution is 0.803. The van der Waals surface area contributed by atoms with Crippen LogP contribution in [0.2, 0.25) is 0 Å². The summed E-state index contributed by atoms with van der Waals surface area (Å²) in [6.07, 6.45) is 7.94. The van der Waals surface area contributed by atoms with Crippen LogP contribution < -0.4 is 22.7 Å². The van der Waals surface area contributed by atoms with E-state index >= 15 is 0 Å². The Bertz CT molecular complexity index is 1150.